The molecule has 1 aromatic carbocycles. The van der Waals surface area contributed by atoms with E-state index in [0.29, 0.717) is 24.3 Å². The largest absolute Gasteiger partial charge is 0.495 e. The van der Waals surface area contributed by atoms with Crippen LogP contribution in [0.2, 0.25) is 0 Å². The highest BCUT2D eigenvalue weighted by Gasteiger charge is 2.37. The van der Waals surface area contributed by atoms with Gasteiger partial charge >= 0.3 is 0 Å². The fraction of sp³-hybridized carbons (Fsp3) is 0.562. The van der Waals surface area contributed by atoms with Gasteiger partial charge in [0.15, 0.2) is 0 Å². The summed E-state index contributed by atoms with van der Waals surface area (Å²) in [4.78, 5) is 12.6. The van der Waals surface area contributed by atoms with Gasteiger partial charge in [-0.25, -0.2) is 13.1 Å². The van der Waals surface area contributed by atoms with E-state index in [-0.39, 0.29) is 16.8 Å². The van der Waals surface area contributed by atoms with E-state index in [1.807, 2.05) is 0 Å². The third-order valence-corrected chi connectivity index (χ3v) is 6.09. The minimum absolute atomic E-state index is 0.0148. The lowest BCUT2D eigenvalue weighted by Crippen LogP contribution is -2.48. The number of anilines is 1. The number of carbonyl (C=O) groups excluding carboxylic acids is 1. The molecule has 24 heavy (non-hydrogen) atoms. The average Bonchev–Trinajstić information content (AvgIpc) is 3.23. The van der Waals surface area contributed by atoms with Crippen LogP contribution in [0.5, 0.6) is 5.75 Å². The van der Waals surface area contributed by atoms with Gasteiger partial charge < -0.3 is 15.8 Å². The van der Waals surface area contributed by atoms with Crippen molar-refractivity contribution in [3.8, 4) is 5.75 Å². The van der Waals surface area contributed by atoms with Crippen molar-refractivity contribution < 1.29 is 17.9 Å². The Morgan fingerprint density at radius 2 is 1.96 bits per heavy atom. The number of benzene rings is 1. The van der Waals surface area contributed by atoms with E-state index in [1.165, 1.54) is 25.3 Å². The fourth-order valence-corrected chi connectivity index (χ4v) is 4.25. The lowest BCUT2D eigenvalue weighted by Gasteiger charge is -2.23. The molecule has 4 N–H and O–H groups in total. The molecule has 2 saturated carbocycles. The molecule has 3 rings (SSSR count). The molecule has 8 heteroatoms. The van der Waals surface area contributed by atoms with Crippen molar-refractivity contribution in [2.45, 2.75) is 55.0 Å². The van der Waals surface area contributed by atoms with Gasteiger partial charge in [-0.15, -0.1) is 0 Å². The van der Waals surface area contributed by atoms with Crippen LogP contribution < -0.4 is 20.5 Å². The number of hydrogen-bond donors (Lipinski definition) is 3. The van der Waals surface area contributed by atoms with Crippen LogP contribution in [0.3, 0.4) is 0 Å². The molecule has 0 atom stereocenters. The maximum atomic E-state index is 12.5. The Hall–Kier alpha value is -1.64. The normalized spacial score (nSPS) is 19.9. The zero-order chi connectivity index (χ0) is 17.4. The molecule has 0 unspecified atom stereocenters. The van der Waals surface area contributed by atoms with E-state index in [1.54, 1.807) is 0 Å². The van der Waals surface area contributed by atoms with Gasteiger partial charge in [0.05, 0.1) is 23.2 Å². The summed E-state index contributed by atoms with van der Waals surface area (Å²) in [7, 11) is -2.14. The second kappa shape index (κ2) is 6.34. The van der Waals surface area contributed by atoms with E-state index in [9.17, 15) is 13.2 Å². The third-order valence-electron chi connectivity index (χ3n) is 4.58. The number of hydrogen-bond acceptors (Lipinski definition) is 5. The van der Waals surface area contributed by atoms with Crippen LogP contribution in [0.25, 0.3) is 0 Å². The summed E-state index contributed by atoms with van der Waals surface area (Å²) in [6.07, 6.45) is 4.80. The van der Waals surface area contributed by atoms with Gasteiger partial charge in [-0.3, -0.25) is 4.79 Å². The first-order valence-electron chi connectivity index (χ1n) is 8.15. The molecule has 132 valence electrons. The van der Waals surface area contributed by atoms with Crippen molar-refractivity contribution in [1.29, 1.82) is 0 Å². The highest BCUT2D eigenvalue weighted by molar-refractivity contribution is 7.89. The number of nitrogens with one attached hydrogen (secondary N) is 2. The second-order valence-electron chi connectivity index (χ2n) is 6.58. The Morgan fingerprint density at radius 1 is 1.29 bits per heavy atom. The van der Waals surface area contributed by atoms with Gasteiger partial charge in [0.25, 0.3) is 0 Å². The smallest absolute Gasteiger partial charge is 0.244 e. The SMILES string of the molecule is COc1ccc(S(=O)(=O)NC2CC2)cc1NC(=O)C1(N)CCCC1. The molecule has 0 bridgehead atoms. The molecule has 1 amide bonds. The number of carbonyl (C=O) groups is 1. The monoisotopic (exact) mass is 353 g/mol. The molecule has 0 saturated heterocycles. The first-order valence-corrected chi connectivity index (χ1v) is 9.63. The van der Waals surface area contributed by atoms with Gasteiger partial charge in [-0.1, -0.05) is 12.8 Å². The topological polar surface area (TPSA) is 111 Å². The highest BCUT2D eigenvalue weighted by atomic mass is 32.2. The zero-order valence-corrected chi connectivity index (χ0v) is 14.5. The van der Waals surface area contributed by atoms with E-state index in [2.05, 4.69) is 10.0 Å². The molecular weight excluding hydrogens is 330 g/mol. The lowest BCUT2D eigenvalue weighted by molar-refractivity contribution is -0.121. The first kappa shape index (κ1) is 17.2. The standard InChI is InChI=1S/C16H23N3O4S/c1-23-14-7-6-12(24(21,22)19-11-4-5-11)10-13(14)18-15(20)16(17)8-2-3-9-16/h6-7,10-11,19H,2-5,8-9,17H2,1H3,(H,18,20). The molecule has 0 spiro atoms. The summed E-state index contributed by atoms with van der Waals surface area (Å²) in [6, 6.07) is 4.43. The molecule has 7 nitrogen and oxygen atoms in total. The Labute approximate surface area is 142 Å². The van der Waals surface area contributed by atoms with Gasteiger partial charge in [0.2, 0.25) is 15.9 Å². The molecule has 2 aliphatic carbocycles. The molecular formula is C16H23N3O4S. The van der Waals surface area contributed by atoms with Gasteiger partial charge in [0, 0.05) is 6.04 Å². The van der Waals surface area contributed by atoms with Crippen molar-refractivity contribution in [3.05, 3.63) is 18.2 Å². The predicted octanol–water partition coefficient (Wildman–Crippen LogP) is 1.35. The van der Waals surface area contributed by atoms with Crippen molar-refractivity contribution in [2.24, 2.45) is 5.73 Å². The summed E-state index contributed by atoms with van der Waals surface area (Å²) in [5, 5.41) is 2.74. The molecule has 0 aromatic heterocycles. The van der Waals surface area contributed by atoms with Crippen LogP contribution in [-0.4, -0.2) is 33.0 Å². The van der Waals surface area contributed by atoms with Gasteiger partial charge in [0.1, 0.15) is 5.75 Å². The van der Waals surface area contributed by atoms with Crippen LogP contribution in [0.15, 0.2) is 23.1 Å². The van der Waals surface area contributed by atoms with Crippen molar-refractivity contribution in [3.63, 3.8) is 0 Å². The van der Waals surface area contributed by atoms with Gasteiger partial charge in [-0.05, 0) is 43.9 Å². The Morgan fingerprint density at radius 3 is 2.54 bits per heavy atom. The van der Waals surface area contributed by atoms with E-state index < -0.39 is 15.6 Å². The summed E-state index contributed by atoms with van der Waals surface area (Å²) >= 11 is 0. The van der Waals surface area contributed by atoms with Crippen LogP contribution in [-0.2, 0) is 14.8 Å². The third kappa shape index (κ3) is 3.55. The van der Waals surface area contributed by atoms with Crippen molar-refractivity contribution in [1.82, 2.24) is 4.72 Å². The zero-order valence-electron chi connectivity index (χ0n) is 13.7. The predicted molar refractivity (Wildman–Crippen MR) is 90.4 cm³/mol. The van der Waals surface area contributed by atoms with Gasteiger partial charge in [-0.2, -0.15) is 0 Å². The minimum Gasteiger partial charge on any atom is -0.495 e. The van der Waals surface area contributed by atoms with Crippen LogP contribution in [0.1, 0.15) is 38.5 Å². The molecule has 2 aliphatic rings. The van der Waals surface area contributed by atoms with E-state index >= 15 is 0 Å². The number of ether oxygens (including phenoxy) is 1. The molecule has 2 fully saturated rings. The van der Waals surface area contributed by atoms with Crippen LogP contribution in [0, 0.1) is 0 Å². The van der Waals surface area contributed by atoms with Crippen molar-refractivity contribution >= 4 is 21.6 Å². The van der Waals surface area contributed by atoms with Crippen molar-refractivity contribution in [2.75, 3.05) is 12.4 Å². The average molecular weight is 353 g/mol. The maximum Gasteiger partial charge on any atom is 0.244 e. The number of sulfonamides is 1. The minimum atomic E-state index is -3.60. The summed E-state index contributed by atoms with van der Waals surface area (Å²) in [5.41, 5.74) is 5.58. The van der Waals surface area contributed by atoms with E-state index in [4.69, 9.17) is 10.5 Å². The number of rotatable bonds is 6. The highest BCUT2D eigenvalue weighted by Crippen LogP contribution is 2.32. The Balaban J connectivity index is 1.85. The summed E-state index contributed by atoms with van der Waals surface area (Å²) in [5.74, 6) is 0.0957. The Bertz CT molecular complexity index is 738. The van der Waals surface area contributed by atoms with E-state index in [0.717, 1.165) is 25.7 Å². The Kier molecular flexibility index (Phi) is 4.54. The maximum absolute atomic E-state index is 12.5. The number of nitrogens with two attached hydrogens (primary N) is 1. The molecule has 0 radical (unpaired) electrons. The molecule has 0 aliphatic heterocycles. The van der Waals surface area contributed by atoms with Crippen LogP contribution in [0.4, 0.5) is 5.69 Å². The van der Waals surface area contributed by atoms with Crippen LogP contribution >= 0.6 is 0 Å². The number of amides is 1. The summed E-state index contributed by atoms with van der Waals surface area (Å²) in [6.45, 7) is 0. The first-order chi connectivity index (χ1) is 11.3. The number of methoxy groups -OCH3 is 1. The summed E-state index contributed by atoms with van der Waals surface area (Å²) < 4.78 is 32.6. The quantitative estimate of drug-likeness (QED) is 0.715. The molecule has 0 heterocycles. The lowest BCUT2D eigenvalue weighted by atomic mass is 9.98. The second-order valence-corrected chi connectivity index (χ2v) is 8.29. The fourth-order valence-electron chi connectivity index (χ4n) is 2.92. The molecule has 1 aromatic rings.